The minimum Gasteiger partial charge on any atom is -0.372 e. The second-order valence-electron chi connectivity index (χ2n) is 3.26. The summed E-state index contributed by atoms with van der Waals surface area (Å²) in [5.74, 6) is -1.01. The largest absolute Gasteiger partial charge is 0.372 e. The normalized spacial score (nSPS) is 15.2. The maximum atomic E-state index is 13.3. The molecule has 2 N–H and O–H groups in total. The third-order valence-corrected chi connectivity index (χ3v) is 2.34. The van der Waals surface area contributed by atoms with E-state index in [0.717, 1.165) is 18.2 Å². The van der Waals surface area contributed by atoms with Crippen LogP contribution in [0.5, 0.6) is 0 Å². The van der Waals surface area contributed by atoms with E-state index in [2.05, 4.69) is 0 Å². The monoisotopic (exact) mass is 201 g/mol. The van der Waals surface area contributed by atoms with E-state index in [-0.39, 0.29) is 12.1 Å². The lowest BCUT2D eigenvalue weighted by molar-refractivity contribution is 0.00691. The summed E-state index contributed by atoms with van der Waals surface area (Å²) in [6.07, 6.45) is 0. The number of rotatable bonds is 3. The van der Waals surface area contributed by atoms with E-state index < -0.39 is 17.2 Å². The van der Waals surface area contributed by atoms with Gasteiger partial charge in [0.15, 0.2) is 0 Å². The molecule has 0 radical (unpaired) electrons. The molecule has 1 aromatic rings. The third-order valence-electron chi connectivity index (χ3n) is 2.34. The summed E-state index contributed by atoms with van der Waals surface area (Å²) in [6.45, 7) is 1.70. The molecule has 0 fully saturated rings. The first-order valence-electron chi connectivity index (χ1n) is 4.24. The molecule has 0 aliphatic carbocycles. The molecular formula is C10H13F2NO. The van der Waals surface area contributed by atoms with Gasteiger partial charge in [-0.15, -0.1) is 0 Å². The fourth-order valence-electron chi connectivity index (χ4n) is 1.21. The van der Waals surface area contributed by atoms with Gasteiger partial charge in [0.2, 0.25) is 0 Å². The molecule has 0 bridgehead atoms. The van der Waals surface area contributed by atoms with Gasteiger partial charge in [0.05, 0.1) is 0 Å². The molecule has 0 spiro atoms. The fraction of sp³-hybridized carbons (Fsp3) is 0.400. The molecule has 0 heterocycles. The van der Waals surface area contributed by atoms with E-state index in [1.165, 1.54) is 7.11 Å². The first-order chi connectivity index (χ1) is 6.53. The van der Waals surface area contributed by atoms with Crippen LogP contribution in [0, 0.1) is 11.6 Å². The highest BCUT2D eigenvalue weighted by Crippen LogP contribution is 2.26. The predicted octanol–water partition coefficient (Wildman–Crippen LogP) is 1.79. The van der Waals surface area contributed by atoms with Crippen LogP contribution in [0.1, 0.15) is 12.5 Å². The van der Waals surface area contributed by atoms with Crippen LogP contribution in [-0.2, 0) is 10.3 Å². The lowest BCUT2D eigenvalue weighted by Gasteiger charge is -2.27. The number of methoxy groups -OCH3 is 1. The van der Waals surface area contributed by atoms with Crippen LogP contribution in [-0.4, -0.2) is 13.7 Å². The van der Waals surface area contributed by atoms with Gasteiger partial charge in [-0.2, -0.15) is 0 Å². The molecule has 0 aliphatic heterocycles. The Morgan fingerprint density at radius 2 is 2.07 bits per heavy atom. The van der Waals surface area contributed by atoms with Gasteiger partial charge < -0.3 is 10.5 Å². The topological polar surface area (TPSA) is 35.2 Å². The lowest BCUT2D eigenvalue weighted by atomic mass is 9.95. The highest BCUT2D eigenvalue weighted by atomic mass is 19.1. The lowest BCUT2D eigenvalue weighted by Crippen LogP contribution is -2.34. The summed E-state index contributed by atoms with van der Waals surface area (Å²) >= 11 is 0. The second kappa shape index (κ2) is 4.02. The number of hydrogen-bond acceptors (Lipinski definition) is 2. The third kappa shape index (κ3) is 1.91. The first-order valence-corrected chi connectivity index (χ1v) is 4.24. The van der Waals surface area contributed by atoms with Gasteiger partial charge >= 0.3 is 0 Å². The van der Waals surface area contributed by atoms with Crippen LogP contribution in [0.25, 0.3) is 0 Å². The van der Waals surface area contributed by atoms with E-state index >= 15 is 0 Å². The molecule has 0 amide bonds. The van der Waals surface area contributed by atoms with Crippen LogP contribution in [0.2, 0.25) is 0 Å². The standard InChI is InChI=1S/C10H13F2NO/c1-10(6-13,14-2)8-5-7(11)3-4-9(8)12/h3-5H,6,13H2,1-2H3. The van der Waals surface area contributed by atoms with E-state index in [0.29, 0.717) is 0 Å². The number of hydrogen-bond donors (Lipinski definition) is 1. The zero-order valence-electron chi connectivity index (χ0n) is 8.18. The van der Waals surface area contributed by atoms with E-state index in [4.69, 9.17) is 10.5 Å². The summed E-state index contributed by atoms with van der Waals surface area (Å²) in [5, 5.41) is 0. The fourth-order valence-corrected chi connectivity index (χ4v) is 1.21. The van der Waals surface area contributed by atoms with Gasteiger partial charge in [-0.25, -0.2) is 8.78 Å². The van der Waals surface area contributed by atoms with Crippen LogP contribution in [0.3, 0.4) is 0 Å². The predicted molar refractivity (Wildman–Crippen MR) is 49.8 cm³/mol. The minimum absolute atomic E-state index is 0.0872. The SMILES string of the molecule is COC(C)(CN)c1cc(F)ccc1F. The number of nitrogens with two attached hydrogens (primary N) is 1. The molecule has 1 rings (SSSR count). The van der Waals surface area contributed by atoms with Gasteiger partial charge in [0.25, 0.3) is 0 Å². The van der Waals surface area contributed by atoms with Crippen molar-refractivity contribution in [3.8, 4) is 0 Å². The second-order valence-corrected chi connectivity index (χ2v) is 3.26. The maximum absolute atomic E-state index is 13.3. The molecule has 14 heavy (non-hydrogen) atoms. The molecular weight excluding hydrogens is 188 g/mol. The van der Waals surface area contributed by atoms with Crippen molar-refractivity contribution in [3.05, 3.63) is 35.4 Å². The first kappa shape index (κ1) is 11.1. The molecule has 0 saturated carbocycles. The summed E-state index contributed by atoms with van der Waals surface area (Å²) in [5.41, 5.74) is 4.62. The van der Waals surface area contributed by atoms with Crippen molar-refractivity contribution in [2.24, 2.45) is 5.73 Å². The van der Waals surface area contributed by atoms with Crippen LogP contribution >= 0.6 is 0 Å². The van der Waals surface area contributed by atoms with E-state index in [1.807, 2.05) is 0 Å². The van der Waals surface area contributed by atoms with Crippen molar-refractivity contribution in [2.45, 2.75) is 12.5 Å². The molecule has 78 valence electrons. The van der Waals surface area contributed by atoms with Crippen molar-refractivity contribution >= 4 is 0 Å². The van der Waals surface area contributed by atoms with Gasteiger partial charge in [0, 0.05) is 19.2 Å². The molecule has 1 aromatic carbocycles. The summed E-state index contributed by atoms with van der Waals surface area (Å²) < 4.78 is 31.3. The minimum atomic E-state index is -0.980. The van der Waals surface area contributed by atoms with Gasteiger partial charge in [0.1, 0.15) is 17.2 Å². The number of benzene rings is 1. The Kier molecular flexibility index (Phi) is 3.18. The molecule has 0 aliphatic rings. The molecule has 4 heteroatoms. The summed E-state index contributed by atoms with van der Waals surface area (Å²) in [6, 6.07) is 3.23. The van der Waals surface area contributed by atoms with Crippen molar-refractivity contribution < 1.29 is 13.5 Å². The van der Waals surface area contributed by atoms with Gasteiger partial charge in [-0.05, 0) is 25.1 Å². The average Bonchev–Trinajstić information content (AvgIpc) is 2.20. The highest BCUT2D eigenvalue weighted by Gasteiger charge is 2.28. The highest BCUT2D eigenvalue weighted by molar-refractivity contribution is 5.25. The summed E-state index contributed by atoms with van der Waals surface area (Å²) in [7, 11) is 1.41. The summed E-state index contributed by atoms with van der Waals surface area (Å²) in [4.78, 5) is 0. The Morgan fingerprint density at radius 1 is 1.43 bits per heavy atom. The quantitative estimate of drug-likeness (QED) is 0.809. The van der Waals surface area contributed by atoms with E-state index in [9.17, 15) is 8.78 Å². The average molecular weight is 201 g/mol. The Labute approximate surface area is 81.7 Å². The zero-order valence-corrected chi connectivity index (χ0v) is 8.18. The van der Waals surface area contributed by atoms with Crippen molar-refractivity contribution in [2.75, 3.05) is 13.7 Å². The van der Waals surface area contributed by atoms with Crippen molar-refractivity contribution in [1.82, 2.24) is 0 Å². The Hall–Kier alpha value is -1.00. The number of halogens is 2. The van der Waals surface area contributed by atoms with Gasteiger partial charge in [-0.3, -0.25) is 0 Å². The zero-order chi connectivity index (χ0) is 10.8. The molecule has 0 saturated heterocycles. The molecule has 1 atom stereocenters. The molecule has 2 nitrogen and oxygen atoms in total. The van der Waals surface area contributed by atoms with E-state index in [1.54, 1.807) is 6.92 Å². The maximum Gasteiger partial charge on any atom is 0.129 e. The van der Waals surface area contributed by atoms with Crippen LogP contribution in [0.15, 0.2) is 18.2 Å². The number of ether oxygens (including phenoxy) is 1. The Morgan fingerprint density at radius 3 is 2.57 bits per heavy atom. The van der Waals surface area contributed by atoms with Gasteiger partial charge in [-0.1, -0.05) is 0 Å². The molecule has 0 aromatic heterocycles. The van der Waals surface area contributed by atoms with Crippen LogP contribution < -0.4 is 5.73 Å². The van der Waals surface area contributed by atoms with Crippen molar-refractivity contribution in [3.63, 3.8) is 0 Å². The van der Waals surface area contributed by atoms with Crippen molar-refractivity contribution in [1.29, 1.82) is 0 Å². The van der Waals surface area contributed by atoms with Crippen LogP contribution in [0.4, 0.5) is 8.78 Å². The smallest absolute Gasteiger partial charge is 0.129 e. The Balaban J connectivity index is 3.22. The molecule has 1 unspecified atom stereocenters. The Bertz CT molecular complexity index is 324.